The molecule has 4 atom stereocenters. The van der Waals surface area contributed by atoms with E-state index in [-0.39, 0.29) is 12.0 Å². The van der Waals surface area contributed by atoms with E-state index in [4.69, 9.17) is 21.7 Å². The summed E-state index contributed by atoms with van der Waals surface area (Å²) in [5.74, 6) is 1.97. The number of aromatic nitrogens is 5. The van der Waals surface area contributed by atoms with Gasteiger partial charge in [0.25, 0.3) is 0 Å². The number of anilines is 2. The lowest BCUT2D eigenvalue weighted by Crippen LogP contribution is -2.48. The first-order chi connectivity index (χ1) is 17.3. The van der Waals surface area contributed by atoms with Gasteiger partial charge in [-0.1, -0.05) is 36.2 Å². The largest absolute Gasteiger partial charge is 0.416 e. The van der Waals surface area contributed by atoms with Gasteiger partial charge in [-0.05, 0) is 49.1 Å². The van der Waals surface area contributed by atoms with Gasteiger partial charge in [0.15, 0.2) is 5.15 Å². The van der Waals surface area contributed by atoms with Crippen LogP contribution in [0.4, 0.5) is 24.8 Å². The molecule has 190 valence electrons. The van der Waals surface area contributed by atoms with Crippen molar-refractivity contribution in [3.05, 3.63) is 58.6 Å². The zero-order valence-electron chi connectivity index (χ0n) is 19.6. The molecule has 6 rings (SSSR count). The summed E-state index contributed by atoms with van der Waals surface area (Å²) in [6.45, 7) is 2.49. The minimum Gasteiger partial charge on any atom is -0.369 e. The van der Waals surface area contributed by atoms with E-state index < -0.39 is 11.7 Å². The average molecular weight is 518 g/mol. The summed E-state index contributed by atoms with van der Waals surface area (Å²) in [5.41, 5.74) is 1.01. The molecule has 7 nitrogen and oxygen atoms in total. The van der Waals surface area contributed by atoms with Gasteiger partial charge in [-0.2, -0.15) is 23.3 Å². The summed E-state index contributed by atoms with van der Waals surface area (Å²) in [6.07, 6.45) is 2.22. The first-order valence-electron chi connectivity index (χ1n) is 12.5. The van der Waals surface area contributed by atoms with E-state index in [2.05, 4.69) is 20.4 Å². The molecule has 2 aliphatic heterocycles. The van der Waals surface area contributed by atoms with Crippen LogP contribution in [0.3, 0.4) is 0 Å². The van der Waals surface area contributed by atoms with Crippen LogP contribution in [0.1, 0.15) is 55.0 Å². The maximum absolute atomic E-state index is 13.4. The molecule has 2 bridgehead atoms. The van der Waals surface area contributed by atoms with Gasteiger partial charge in [-0.15, -0.1) is 10.2 Å². The SMILES string of the molecule is FC(F)(F)c1cccc(C2CCCCn3nc(N[C@@H]4[C@@H]5CC[C@H]4CN(c4cnnc(Cl)c4)C5)nc32)c1. The van der Waals surface area contributed by atoms with E-state index in [1.165, 1.54) is 12.1 Å². The van der Waals surface area contributed by atoms with Gasteiger partial charge in [0.05, 0.1) is 17.4 Å². The average Bonchev–Trinajstić information content (AvgIpc) is 3.25. The molecule has 2 fully saturated rings. The van der Waals surface area contributed by atoms with Crippen LogP contribution in [0.15, 0.2) is 36.5 Å². The van der Waals surface area contributed by atoms with Crippen LogP contribution in [0.5, 0.6) is 0 Å². The molecule has 3 aromatic rings. The van der Waals surface area contributed by atoms with E-state index in [9.17, 15) is 13.2 Å². The standard InChI is InChI=1S/C25H27ClF3N7/c26-21-11-19(12-30-33-21)35-13-16-7-8-17(14-35)22(16)31-24-32-23-20(6-1-2-9-36(23)34-24)15-4-3-5-18(10-15)25(27,28)29/h3-5,10-12,16-17,20,22H,1-2,6-9,13-14H2,(H,31,34)/t16-,17+,20?,22-. The van der Waals surface area contributed by atoms with Gasteiger partial charge in [0, 0.05) is 37.7 Å². The summed E-state index contributed by atoms with van der Waals surface area (Å²) < 4.78 is 41.9. The number of alkyl halides is 3. The number of piperidine rings is 1. The quantitative estimate of drug-likeness (QED) is 0.501. The highest BCUT2D eigenvalue weighted by Crippen LogP contribution is 2.41. The van der Waals surface area contributed by atoms with Gasteiger partial charge in [-0.3, -0.25) is 0 Å². The third-order valence-electron chi connectivity index (χ3n) is 7.85. The number of hydrogen-bond acceptors (Lipinski definition) is 6. The van der Waals surface area contributed by atoms with Crippen molar-refractivity contribution in [1.82, 2.24) is 25.0 Å². The van der Waals surface area contributed by atoms with E-state index in [1.807, 2.05) is 10.7 Å². The van der Waals surface area contributed by atoms with Crippen LogP contribution in [-0.2, 0) is 12.7 Å². The molecule has 2 aromatic heterocycles. The topological polar surface area (TPSA) is 71.8 Å². The Morgan fingerprint density at radius 3 is 2.58 bits per heavy atom. The zero-order chi connectivity index (χ0) is 24.9. The molecule has 4 heterocycles. The van der Waals surface area contributed by atoms with Crippen molar-refractivity contribution in [2.24, 2.45) is 11.8 Å². The minimum atomic E-state index is -4.37. The molecule has 0 radical (unpaired) electrons. The molecule has 11 heteroatoms. The molecule has 1 unspecified atom stereocenters. The highest BCUT2D eigenvalue weighted by molar-refractivity contribution is 6.29. The Bertz CT molecular complexity index is 1230. The van der Waals surface area contributed by atoms with Crippen molar-refractivity contribution in [3.8, 4) is 0 Å². The smallest absolute Gasteiger partial charge is 0.369 e. The number of fused-ring (bicyclic) bond motifs is 3. The summed E-state index contributed by atoms with van der Waals surface area (Å²) in [4.78, 5) is 7.17. The van der Waals surface area contributed by atoms with Crippen molar-refractivity contribution in [2.75, 3.05) is 23.3 Å². The number of halogens is 4. The number of hydrogen-bond donors (Lipinski definition) is 1. The number of aryl methyl sites for hydroxylation is 1. The summed E-state index contributed by atoms with van der Waals surface area (Å²) >= 11 is 6.05. The fourth-order valence-corrected chi connectivity index (χ4v) is 6.30. The lowest BCUT2D eigenvalue weighted by atomic mass is 9.92. The van der Waals surface area contributed by atoms with Crippen LogP contribution in [-0.4, -0.2) is 44.1 Å². The van der Waals surface area contributed by atoms with Crippen molar-refractivity contribution in [1.29, 1.82) is 0 Å². The second kappa shape index (κ2) is 9.21. The summed E-state index contributed by atoms with van der Waals surface area (Å²) in [6, 6.07) is 7.75. The molecule has 1 saturated heterocycles. The molecule has 3 aliphatic rings. The molecular formula is C25H27ClF3N7. The summed E-state index contributed by atoms with van der Waals surface area (Å²) in [7, 11) is 0. The molecule has 1 aliphatic carbocycles. The van der Waals surface area contributed by atoms with Gasteiger partial charge < -0.3 is 10.2 Å². The Morgan fingerprint density at radius 2 is 1.83 bits per heavy atom. The van der Waals surface area contributed by atoms with Crippen LogP contribution >= 0.6 is 11.6 Å². The third kappa shape index (κ3) is 4.51. The first-order valence-corrected chi connectivity index (χ1v) is 12.8. The maximum Gasteiger partial charge on any atom is 0.416 e. The van der Waals surface area contributed by atoms with Crippen LogP contribution in [0.2, 0.25) is 5.15 Å². The Labute approximate surface area is 212 Å². The molecule has 0 amide bonds. The molecule has 1 aromatic carbocycles. The van der Waals surface area contributed by atoms with E-state index in [1.54, 1.807) is 12.3 Å². The van der Waals surface area contributed by atoms with Crippen LogP contribution < -0.4 is 10.2 Å². The number of nitrogens with one attached hydrogen (secondary N) is 1. The molecule has 1 saturated carbocycles. The van der Waals surface area contributed by atoms with Crippen LogP contribution in [0.25, 0.3) is 0 Å². The molecular weight excluding hydrogens is 491 g/mol. The second-order valence-electron chi connectivity index (χ2n) is 10.1. The Kier molecular flexibility index (Phi) is 6.02. The van der Waals surface area contributed by atoms with Gasteiger partial charge >= 0.3 is 6.18 Å². The number of rotatable bonds is 4. The van der Waals surface area contributed by atoms with Crippen molar-refractivity contribution in [3.63, 3.8) is 0 Å². The Balaban J connectivity index is 1.22. The normalized spacial score (nSPS) is 25.9. The lowest BCUT2D eigenvalue weighted by molar-refractivity contribution is -0.137. The highest BCUT2D eigenvalue weighted by Gasteiger charge is 2.43. The second-order valence-corrected chi connectivity index (χ2v) is 10.5. The maximum atomic E-state index is 13.4. The van der Waals surface area contributed by atoms with Crippen LogP contribution in [0, 0.1) is 11.8 Å². The molecule has 0 spiro atoms. The minimum absolute atomic E-state index is 0.208. The van der Waals surface area contributed by atoms with E-state index >= 15 is 0 Å². The van der Waals surface area contributed by atoms with Gasteiger partial charge in [0.2, 0.25) is 5.95 Å². The van der Waals surface area contributed by atoms with E-state index in [0.717, 1.165) is 69.3 Å². The molecule has 1 N–H and O–H groups in total. The highest BCUT2D eigenvalue weighted by atomic mass is 35.5. The van der Waals surface area contributed by atoms with Gasteiger partial charge in [-0.25, -0.2) is 4.68 Å². The fourth-order valence-electron chi connectivity index (χ4n) is 6.15. The fraction of sp³-hybridized carbons (Fsp3) is 0.520. The first kappa shape index (κ1) is 23.5. The lowest BCUT2D eigenvalue weighted by Gasteiger charge is -2.39. The van der Waals surface area contributed by atoms with Crippen molar-refractivity contribution >= 4 is 23.2 Å². The summed E-state index contributed by atoms with van der Waals surface area (Å²) in [5, 5.41) is 16.6. The Morgan fingerprint density at radius 1 is 1.03 bits per heavy atom. The molecule has 36 heavy (non-hydrogen) atoms. The predicted molar refractivity (Wildman–Crippen MR) is 130 cm³/mol. The van der Waals surface area contributed by atoms with Crippen molar-refractivity contribution < 1.29 is 13.2 Å². The van der Waals surface area contributed by atoms with Gasteiger partial charge in [0.1, 0.15) is 5.82 Å². The Hall–Kier alpha value is -2.88. The number of nitrogens with zero attached hydrogens (tertiary/aromatic N) is 6. The number of benzene rings is 1. The van der Waals surface area contributed by atoms with Crippen molar-refractivity contribution in [2.45, 2.75) is 56.8 Å². The van der Waals surface area contributed by atoms with E-state index in [0.29, 0.717) is 28.5 Å². The zero-order valence-corrected chi connectivity index (χ0v) is 20.4. The predicted octanol–water partition coefficient (Wildman–Crippen LogP) is 5.38. The monoisotopic (exact) mass is 517 g/mol. The third-order valence-corrected chi connectivity index (χ3v) is 8.03.